The Labute approximate surface area is 870 Å². The fourth-order valence-corrected chi connectivity index (χ4v) is 20.8. The van der Waals surface area contributed by atoms with Crippen LogP contribution in [-0.4, -0.2) is 394 Å². The first-order valence-corrected chi connectivity index (χ1v) is 83.6. The summed E-state index contributed by atoms with van der Waals surface area (Å²) in [5.74, 6) is 0. The summed E-state index contributed by atoms with van der Waals surface area (Å²) < 4.78 is 243. The summed E-state index contributed by atoms with van der Waals surface area (Å²) in [6.45, 7) is 62.7. The summed E-state index contributed by atoms with van der Waals surface area (Å²) in [5.41, 5.74) is 2.07. The molecule has 0 amide bonds. The van der Waals surface area contributed by atoms with Crippen LogP contribution in [0.1, 0.15) is 85.8 Å². The molecule has 0 spiro atoms. The Bertz CT molecular complexity index is 4210. The third kappa shape index (κ3) is 164. The van der Waals surface area contributed by atoms with E-state index in [1.807, 2.05) is 169 Å². The van der Waals surface area contributed by atoms with Gasteiger partial charge in [-0.1, -0.05) is 142 Å². The highest BCUT2D eigenvalue weighted by molar-refractivity contribution is 7.78. The fraction of sp³-hybridized carbons (Fsp3) is 0.739. The SMILES string of the molecule is CC(C)OP(C)(C)=O.CCCCOP(C)(C)=O.CCCOP(C)(C)=O.CCOCCOP(C)(C)=O.CCOP(C)(=O)OCC.CCOP(C)(C)=O.COCCOP(C)(C)=O.COCCP(C)(=O)Cc1ccccc1.COCCP(C)(C)=O.CP(=O)(CCO)CCO.CP(=O)(O)Cc1ccccc1.CP(=O)(OCCO)OCCO.CP(=O)(c1ccccc1)c1ccccc1.CP(C)(=O)OCCOCCO.CP(C)(C)=O. The van der Waals surface area contributed by atoms with E-state index in [0.717, 1.165) is 41.0 Å². The molecular weight excluding hydrogens is 2160 g/mol. The van der Waals surface area contributed by atoms with Crippen LogP contribution in [0.3, 0.4) is 0 Å². The van der Waals surface area contributed by atoms with Crippen molar-refractivity contribution in [2.75, 3.05) is 358 Å². The van der Waals surface area contributed by atoms with Crippen LogP contribution in [0.4, 0.5) is 0 Å². The number of aliphatic hydroxyl groups is 5. The predicted molar refractivity (Wildman–Crippen MR) is 613 cm³/mol. The highest BCUT2D eigenvalue weighted by Gasteiger charge is 2.22. The van der Waals surface area contributed by atoms with E-state index in [1.54, 1.807) is 168 Å². The third-order valence-corrected chi connectivity index (χ3v) is 32.1. The van der Waals surface area contributed by atoms with E-state index in [9.17, 15) is 68.5 Å². The molecular formula is C92H197O37P15. The van der Waals surface area contributed by atoms with Crippen molar-refractivity contribution < 1.29 is 172 Å². The first kappa shape index (κ1) is 166. The van der Waals surface area contributed by atoms with E-state index < -0.39 is 110 Å². The molecule has 0 aliphatic heterocycles. The van der Waals surface area contributed by atoms with Crippen molar-refractivity contribution in [1.29, 1.82) is 0 Å². The molecule has 52 heteroatoms. The summed E-state index contributed by atoms with van der Waals surface area (Å²) in [5, 5.41) is 43.5. The lowest BCUT2D eigenvalue weighted by molar-refractivity contribution is 0.0715. The molecule has 0 bridgehead atoms. The zero-order valence-electron chi connectivity index (χ0n) is 94.1. The van der Waals surface area contributed by atoms with E-state index >= 15 is 0 Å². The van der Waals surface area contributed by atoms with Crippen LogP contribution in [0.5, 0.6) is 0 Å². The van der Waals surface area contributed by atoms with E-state index in [-0.39, 0.29) is 58.5 Å². The minimum Gasteiger partial charge on any atom is -0.396 e. The second-order valence-electron chi connectivity index (χ2n) is 35.2. The number of rotatable bonds is 52. The first-order chi connectivity index (χ1) is 65.6. The molecule has 4 aromatic carbocycles. The normalized spacial score (nSPS) is 12.5. The highest BCUT2D eigenvalue weighted by Crippen LogP contribution is 2.48. The zero-order chi connectivity index (χ0) is 115. The zero-order valence-corrected chi connectivity index (χ0v) is 108. The maximum Gasteiger partial charge on any atom is 0.327 e. The molecule has 2 atom stereocenters. The largest absolute Gasteiger partial charge is 0.396 e. The summed E-state index contributed by atoms with van der Waals surface area (Å²) >= 11 is 0. The molecule has 144 heavy (non-hydrogen) atoms. The van der Waals surface area contributed by atoms with Gasteiger partial charge in [0.2, 0.25) is 7.37 Å². The van der Waals surface area contributed by atoms with Gasteiger partial charge in [0, 0.05) is 202 Å². The Morgan fingerprint density at radius 1 is 0.271 bits per heavy atom. The number of unbranched alkanes of at least 4 members (excludes halogenated alkanes) is 1. The Morgan fingerprint density at radius 3 is 0.812 bits per heavy atom. The standard InChI is InChI=1S/C13H13OP.C11H17O2P.C8H11O2P.C6H15O4P.C6H15O3P.C6H15O2P.C5H13O5P.3C5H13O3P.3C5H13O2P.C4H11O2P.C3H9OP/c1-15(14,12-8-4-2-5-9-12)13-10-6-3-7-11-13;1-13-8-9-14(2,12)10-11-6-4-3-5-7-11;1-11(9,10)7-8-5-3-2-4-6-8;1-11(2,8)10-6-5-9-4-3-7;1-4-8-5-6-9-10(2,3)7;1-4-5-6-8-9(2,3)7;1-11(8,9-4-2-6)10-5-3-7;1-7-4-5-8-9(2,3)6;1-9(8,4-2-6)5-3-7;1-4-7-9(3,6)8-5-2;1-7-4-5-8(2,3)6;1-5(2)7-8(3,4)6;1-4-5-7-8(2,3)6;1-4-6-7(2,3)5;1-5(2,3)4/h2-11H,1H3;3-7H,8-10H2,1-2H3;2-6H,7H2,1H3,(H,9,10);7H,3-6H2,1-2H3;4-6H2,1-3H3;4-6H2,1-3H3;6-7H,2-5H2,1H3;4-5H2,1-3H3;6-7H,2-5H2,1H3;4-5H2,1-3H3;4-5H2,1-3H3;5H,1-4H3;4-5H2,1-3H3;4H2,1-3H3;1-3H3. The lowest BCUT2D eigenvalue weighted by Crippen LogP contribution is -2.14. The van der Waals surface area contributed by atoms with Gasteiger partial charge in [-0.2, -0.15) is 0 Å². The van der Waals surface area contributed by atoms with Gasteiger partial charge in [-0.15, -0.1) is 0 Å². The minimum absolute atomic E-state index is 0.00983. The quantitative estimate of drug-likeness (QED) is 0.0177. The minimum atomic E-state index is -3.05. The van der Waals surface area contributed by atoms with Crippen molar-refractivity contribution in [2.45, 2.75) is 93.1 Å². The van der Waals surface area contributed by atoms with Crippen LogP contribution in [0, 0.1) is 0 Å². The highest BCUT2D eigenvalue weighted by atomic mass is 31.2. The second kappa shape index (κ2) is 97.0. The Morgan fingerprint density at radius 2 is 0.569 bits per heavy atom. The van der Waals surface area contributed by atoms with Gasteiger partial charge in [-0.3, -0.25) is 45.7 Å². The molecule has 0 radical (unpaired) electrons. The molecule has 0 aliphatic rings. The summed E-state index contributed by atoms with van der Waals surface area (Å²) in [6, 6.07) is 38.6. The van der Waals surface area contributed by atoms with E-state index in [4.69, 9.17) is 94.8 Å². The van der Waals surface area contributed by atoms with Crippen molar-refractivity contribution in [3.05, 3.63) is 132 Å². The number of hydrogen-bond acceptors (Lipinski definition) is 36. The van der Waals surface area contributed by atoms with Crippen LogP contribution < -0.4 is 10.6 Å². The van der Waals surface area contributed by atoms with Gasteiger partial charge in [0.05, 0.1) is 160 Å². The second-order valence-corrected chi connectivity index (χ2v) is 78.1. The van der Waals surface area contributed by atoms with Crippen molar-refractivity contribution in [3.8, 4) is 0 Å². The maximum absolute atomic E-state index is 12.6. The van der Waals surface area contributed by atoms with Gasteiger partial charge < -0.3 is 127 Å². The number of ether oxygens (including phenoxy) is 5. The van der Waals surface area contributed by atoms with Gasteiger partial charge >= 0.3 is 15.2 Å². The molecule has 0 fully saturated rings. The van der Waals surface area contributed by atoms with Crippen LogP contribution in [0.2, 0.25) is 0 Å². The van der Waals surface area contributed by atoms with Crippen molar-refractivity contribution >= 4 is 120 Å². The van der Waals surface area contributed by atoms with Crippen LogP contribution in [-0.2, 0) is 154 Å². The molecule has 0 aromatic heterocycles. The Balaban J connectivity index is -0.000000147. The van der Waals surface area contributed by atoms with Gasteiger partial charge in [0.1, 0.15) is 7.14 Å². The number of benzene rings is 4. The average molecular weight is 2360 g/mol. The smallest absolute Gasteiger partial charge is 0.327 e. The van der Waals surface area contributed by atoms with Crippen molar-refractivity contribution in [2.24, 2.45) is 0 Å². The molecule has 0 saturated carbocycles. The molecule has 862 valence electrons. The lowest BCUT2D eigenvalue weighted by atomic mass is 10.2. The molecule has 37 nitrogen and oxygen atoms in total. The number of methoxy groups -OCH3 is 3. The monoisotopic (exact) mass is 2360 g/mol. The molecule has 0 heterocycles. The molecule has 4 rings (SSSR count). The van der Waals surface area contributed by atoms with Gasteiger partial charge in [-0.05, 0) is 119 Å². The van der Waals surface area contributed by atoms with E-state index in [1.165, 1.54) is 20.0 Å². The molecule has 0 aliphatic carbocycles. The van der Waals surface area contributed by atoms with Crippen LogP contribution in [0.15, 0.2) is 121 Å². The van der Waals surface area contributed by atoms with E-state index in [2.05, 4.69) is 16.0 Å². The number of aliphatic hydroxyl groups excluding tert-OH is 5. The average Bonchev–Trinajstić information content (AvgIpc) is 0.812. The van der Waals surface area contributed by atoms with Crippen LogP contribution in [0.25, 0.3) is 0 Å². The Kier molecular flexibility index (Phi) is 112. The van der Waals surface area contributed by atoms with E-state index in [0.29, 0.717) is 130 Å². The van der Waals surface area contributed by atoms with Crippen molar-refractivity contribution in [1.82, 2.24) is 0 Å². The van der Waals surface area contributed by atoms with Crippen molar-refractivity contribution in [3.63, 3.8) is 0 Å². The molecule has 0 saturated heterocycles. The van der Waals surface area contributed by atoms with Gasteiger partial charge in [-0.25, -0.2) is 0 Å². The topological polar surface area (TPSA) is 525 Å². The maximum atomic E-state index is 12.6. The van der Waals surface area contributed by atoms with Gasteiger partial charge in [0.25, 0.3) is 0 Å². The summed E-state index contributed by atoms with van der Waals surface area (Å²) in [7, 11) is -29.6. The molecule has 2 unspecified atom stereocenters. The summed E-state index contributed by atoms with van der Waals surface area (Å²) in [4.78, 5) is 9.03. The Hall–Kier alpha value is -0.550. The molecule has 6 N–H and O–H groups in total. The third-order valence-electron chi connectivity index (χ3n) is 14.3. The molecule has 4 aromatic rings. The first-order valence-electron chi connectivity index (χ1n) is 46.7. The summed E-state index contributed by atoms with van der Waals surface area (Å²) in [6.07, 6.45) is 6.08. The fourth-order valence-electron chi connectivity index (χ4n) is 8.47. The van der Waals surface area contributed by atoms with Crippen LogP contribution >= 0.6 is 110 Å². The predicted octanol–water partition coefficient (Wildman–Crippen LogP) is 22.8. The number of hydrogen-bond donors (Lipinski definition) is 6. The van der Waals surface area contributed by atoms with Gasteiger partial charge in [0.15, 0.2) is 51.6 Å². The lowest BCUT2D eigenvalue weighted by Gasteiger charge is -2.13.